The Kier molecular flexibility index (Phi) is 6.19. The highest BCUT2D eigenvalue weighted by atomic mass is 15.2. The van der Waals surface area contributed by atoms with Gasteiger partial charge in [-0.05, 0) is 34.0 Å². The molecule has 190 valence electrons. The molecule has 0 saturated carbocycles. The van der Waals surface area contributed by atoms with Gasteiger partial charge in [0.25, 0.3) is 0 Å². The Morgan fingerprint density at radius 3 is 1.70 bits per heavy atom. The Morgan fingerprint density at radius 2 is 1.07 bits per heavy atom. The number of pyridine rings is 1. The highest BCUT2D eigenvalue weighted by Crippen LogP contribution is 2.37. The van der Waals surface area contributed by atoms with Crippen molar-refractivity contribution < 1.29 is 0 Å². The Bertz CT molecular complexity index is 1780. The lowest BCUT2D eigenvalue weighted by Crippen LogP contribution is -2.36. The summed E-state index contributed by atoms with van der Waals surface area (Å²) in [7, 11) is 0. The van der Waals surface area contributed by atoms with Crippen LogP contribution in [0.15, 0.2) is 156 Å². The van der Waals surface area contributed by atoms with E-state index in [9.17, 15) is 0 Å². The highest BCUT2D eigenvalue weighted by Gasteiger charge is 2.23. The van der Waals surface area contributed by atoms with Gasteiger partial charge in [0.15, 0.2) is 6.17 Å². The van der Waals surface area contributed by atoms with Gasteiger partial charge < -0.3 is 5.32 Å². The molecule has 2 heterocycles. The third kappa shape index (κ3) is 4.56. The SMILES string of the molecule is c1ccc(C2=NC(c3cccc4cccc(-c5ccc(-c6ccccn6)cc5)c34)N=C(c3ccccc3)N2)cc1. The summed E-state index contributed by atoms with van der Waals surface area (Å²) in [4.78, 5) is 14.8. The zero-order valence-corrected chi connectivity index (χ0v) is 21.8. The van der Waals surface area contributed by atoms with E-state index in [-0.39, 0.29) is 0 Å². The average Bonchev–Trinajstić information content (AvgIpc) is 3.05. The molecule has 0 radical (unpaired) electrons. The van der Waals surface area contributed by atoms with Gasteiger partial charge in [-0.2, -0.15) is 0 Å². The Labute approximate surface area is 233 Å². The lowest BCUT2D eigenvalue weighted by molar-refractivity contribution is 0.762. The Morgan fingerprint density at radius 1 is 0.475 bits per heavy atom. The van der Waals surface area contributed by atoms with Crippen LogP contribution in [0.5, 0.6) is 0 Å². The number of benzene rings is 5. The van der Waals surface area contributed by atoms with Crippen molar-refractivity contribution >= 4 is 22.4 Å². The molecule has 40 heavy (non-hydrogen) atoms. The van der Waals surface area contributed by atoms with E-state index in [2.05, 4.69) is 95.2 Å². The van der Waals surface area contributed by atoms with Gasteiger partial charge in [0, 0.05) is 28.5 Å². The van der Waals surface area contributed by atoms with Crippen LogP contribution in [-0.2, 0) is 0 Å². The van der Waals surface area contributed by atoms with Gasteiger partial charge in [-0.1, -0.05) is 127 Å². The minimum atomic E-state index is -0.399. The molecule has 0 bridgehead atoms. The normalized spacial score (nSPS) is 13.4. The van der Waals surface area contributed by atoms with Gasteiger partial charge in [0.1, 0.15) is 11.7 Å². The van der Waals surface area contributed by atoms with Crippen LogP contribution in [0.25, 0.3) is 33.2 Å². The van der Waals surface area contributed by atoms with Crippen LogP contribution in [0.4, 0.5) is 0 Å². The molecular formula is C36H26N4. The summed E-state index contributed by atoms with van der Waals surface area (Å²) in [5.41, 5.74) is 7.50. The van der Waals surface area contributed by atoms with Crippen molar-refractivity contribution in [2.24, 2.45) is 9.98 Å². The van der Waals surface area contributed by atoms with E-state index in [1.807, 2.05) is 60.8 Å². The molecule has 1 aromatic heterocycles. The van der Waals surface area contributed by atoms with Crippen LogP contribution in [0.1, 0.15) is 22.9 Å². The highest BCUT2D eigenvalue weighted by molar-refractivity contribution is 6.16. The first-order valence-electron chi connectivity index (χ1n) is 13.4. The topological polar surface area (TPSA) is 49.6 Å². The molecule has 0 aliphatic carbocycles. The van der Waals surface area contributed by atoms with E-state index in [4.69, 9.17) is 9.98 Å². The maximum absolute atomic E-state index is 5.15. The molecule has 0 spiro atoms. The number of rotatable bonds is 5. The second kappa shape index (κ2) is 10.4. The fourth-order valence-electron chi connectivity index (χ4n) is 5.25. The van der Waals surface area contributed by atoms with Gasteiger partial charge in [-0.15, -0.1) is 0 Å². The van der Waals surface area contributed by atoms with E-state index in [0.717, 1.165) is 61.5 Å². The van der Waals surface area contributed by atoms with Gasteiger partial charge in [-0.25, -0.2) is 9.98 Å². The molecule has 0 unspecified atom stereocenters. The smallest absolute Gasteiger partial charge is 0.170 e. The van der Waals surface area contributed by atoms with E-state index in [1.165, 1.54) is 0 Å². The summed E-state index contributed by atoms with van der Waals surface area (Å²) >= 11 is 0. The molecule has 0 amide bonds. The molecule has 0 atom stereocenters. The van der Waals surface area contributed by atoms with Gasteiger partial charge in [-0.3, -0.25) is 4.98 Å². The minimum Gasteiger partial charge on any atom is -0.324 e. The van der Waals surface area contributed by atoms with Crippen molar-refractivity contribution in [1.82, 2.24) is 10.3 Å². The second-order valence-corrected chi connectivity index (χ2v) is 9.73. The number of nitrogens with one attached hydrogen (secondary N) is 1. The van der Waals surface area contributed by atoms with Crippen LogP contribution < -0.4 is 5.32 Å². The van der Waals surface area contributed by atoms with Crippen molar-refractivity contribution in [3.05, 3.63) is 162 Å². The standard InChI is InChI=1S/C36H26N4/c1-3-11-28(12-4-1)34-38-35(29-13-5-2-6-14-29)40-36(39-34)31-18-10-16-27-15-9-17-30(33(27)31)25-20-22-26(23-21-25)32-19-7-8-24-37-32/h1-24,36H,(H,38,39,40). The summed E-state index contributed by atoms with van der Waals surface area (Å²) in [6.07, 6.45) is 1.43. The average molecular weight is 515 g/mol. The lowest BCUT2D eigenvalue weighted by atomic mass is 9.92. The first-order valence-corrected chi connectivity index (χ1v) is 13.4. The first kappa shape index (κ1) is 23.7. The monoisotopic (exact) mass is 514 g/mol. The predicted octanol–water partition coefficient (Wildman–Crippen LogP) is 8.06. The summed E-state index contributed by atoms with van der Waals surface area (Å²) < 4.78 is 0. The first-order chi connectivity index (χ1) is 19.8. The number of aliphatic imine (C=N–C) groups is 2. The molecule has 1 N–H and O–H groups in total. The van der Waals surface area contributed by atoms with Gasteiger partial charge >= 0.3 is 0 Å². The van der Waals surface area contributed by atoms with E-state index in [1.54, 1.807) is 0 Å². The molecule has 4 nitrogen and oxygen atoms in total. The summed E-state index contributed by atoms with van der Waals surface area (Å²) in [5.74, 6) is 1.63. The van der Waals surface area contributed by atoms with Gasteiger partial charge in [0.2, 0.25) is 0 Å². The maximum atomic E-state index is 5.15. The summed E-state index contributed by atoms with van der Waals surface area (Å²) in [6, 6.07) is 48.0. The third-order valence-corrected chi connectivity index (χ3v) is 7.21. The Balaban J connectivity index is 1.38. The maximum Gasteiger partial charge on any atom is 0.170 e. The Hall–Kier alpha value is -5.35. The largest absolute Gasteiger partial charge is 0.324 e. The van der Waals surface area contributed by atoms with Crippen LogP contribution in [0, 0.1) is 0 Å². The number of hydrogen-bond donors (Lipinski definition) is 1. The van der Waals surface area contributed by atoms with Crippen molar-refractivity contribution in [3.63, 3.8) is 0 Å². The number of nitrogens with zero attached hydrogens (tertiary/aromatic N) is 3. The molecule has 1 aliphatic rings. The number of amidine groups is 2. The van der Waals surface area contributed by atoms with E-state index < -0.39 is 6.17 Å². The molecule has 6 aromatic rings. The van der Waals surface area contributed by atoms with Crippen LogP contribution in [0.2, 0.25) is 0 Å². The minimum absolute atomic E-state index is 0.399. The third-order valence-electron chi connectivity index (χ3n) is 7.21. The van der Waals surface area contributed by atoms with Crippen molar-refractivity contribution in [3.8, 4) is 22.4 Å². The molecule has 5 aromatic carbocycles. The molecule has 7 rings (SSSR count). The summed E-state index contributed by atoms with van der Waals surface area (Å²) in [5, 5.41) is 5.82. The molecule has 1 aliphatic heterocycles. The molecular weight excluding hydrogens is 488 g/mol. The van der Waals surface area contributed by atoms with Crippen LogP contribution in [-0.4, -0.2) is 16.7 Å². The predicted molar refractivity (Wildman–Crippen MR) is 164 cm³/mol. The van der Waals surface area contributed by atoms with Gasteiger partial charge in [0.05, 0.1) is 5.69 Å². The zero-order chi connectivity index (χ0) is 26.7. The quantitative estimate of drug-likeness (QED) is 0.253. The van der Waals surface area contributed by atoms with E-state index >= 15 is 0 Å². The fraction of sp³-hybridized carbons (Fsp3) is 0.0278. The second-order valence-electron chi connectivity index (χ2n) is 9.73. The summed E-state index contributed by atoms with van der Waals surface area (Å²) in [6.45, 7) is 0. The van der Waals surface area contributed by atoms with Crippen molar-refractivity contribution in [2.45, 2.75) is 6.17 Å². The number of hydrogen-bond acceptors (Lipinski definition) is 4. The lowest BCUT2D eigenvalue weighted by Gasteiger charge is -2.24. The number of fused-ring (bicyclic) bond motifs is 1. The van der Waals surface area contributed by atoms with Crippen molar-refractivity contribution in [2.75, 3.05) is 0 Å². The zero-order valence-electron chi connectivity index (χ0n) is 21.8. The van der Waals surface area contributed by atoms with Crippen LogP contribution in [0.3, 0.4) is 0 Å². The molecule has 4 heteroatoms. The molecule has 0 saturated heterocycles. The fourth-order valence-corrected chi connectivity index (χ4v) is 5.25. The molecule has 0 fully saturated rings. The number of aromatic nitrogens is 1. The van der Waals surface area contributed by atoms with Crippen molar-refractivity contribution in [1.29, 1.82) is 0 Å². The van der Waals surface area contributed by atoms with E-state index in [0.29, 0.717) is 0 Å². The van der Waals surface area contributed by atoms with Crippen LogP contribution >= 0.6 is 0 Å².